The molecule has 0 bridgehead atoms. The van der Waals surface area contributed by atoms with Crippen LogP contribution in [0.15, 0.2) is 41.3 Å². The molecule has 0 atom stereocenters. The van der Waals surface area contributed by atoms with Crippen LogP contribution in [0.1, 0.15) is 73.7 Å². The van der Waals surface area contributed by atoms with Crippen LogP contribution < -0.4 is 4.90 Å². The highest BCUT2D eigenvalue weighted by atomic mass is 32.1. The molecule has 2 heterocycles. The molecule has 0 saturated carbocycles. The zero-order valence-corrected chi connectivity index (χ0v) is 21.6. The van der Waals surface area contributed by atoms with Crippen LogP contribution in [0.3, 0.4) is 0 Å². The number of allylic oxidation sites excluding steroid dienone is 1. The Hall–Kier alpha value is -2.11. The molecule has 1 saturated heterocycles. The molecule has 0 spiro atoms. The average Bonchev–Trinajstić information content (AvgIpc) is 3.31. The molecule has 1 aliphatic heterocycles. The molecule has 1 aliphatic carbocycles. The standard InChI is InChI=1S/C28H38N2O2S/c1-20(2)23-16-26(33-19-23)25-17-28(3,4)11-10-22(25)18-29-12-14-30(15-13-29)24-8-6-21(7-9-24)27(31)32-5/h6-9,16,19-20H,10-15,17-18H2,1-5H3. The Labute approximate surface area is 203 Å². The van der Waals surface area contributed by atoms with Gasteiger partial charge in [-0.05, 0) is 77.4 Å². The molecule has 4 rings (SSSR count). The number of carbonyl (C=O) groups excluding carboxylic acids is 1. The van der Waals surface area contributed by atoms with Gasteiger partial charge in [-0.25, -0.2) is 4.79 Å². The lowest BCUT2D eigenvalue weighted by atomic mass is 9.73. The van der Waals surface area contributed by atoms with Gasteiger partial charge in [-0.2, -0.15) is 0 Å². The summed E-state index contributed by atoms with van der Waals surface area (Å²) in [4.78, 5) is 18.2. The summed E-state index contributed by atoms with van der Waals surface area (Å²) in [7, 11) is 1.42. The van der Waals surface area contributed by atoms with Gasteiger partial charge < -0.3 is 9.64 Å². The SMILES string of the molecule is COC(=O)c1ccc(N2CCN(CC3=C(c4cc(C(C)C)cs4)CC(C)(C)CC3)CC2)cc1. The molecule has 0 radical (unpaired) electrons. The number of thiophene rings is 1. The van der Waals surface area contributed by atoms with E-state index in [1.54, 1.807) is 11.1 Å². The van der Waals surface area contributed by atoms with Gasteiger partial charge in [0, 0.05) is 43.3 Å². The number of carbonyl (C=O) groups is 1. The van der Waals surface area contributed by atoms with E-state index in [1.165, 1.54) is 42.5 Å². The van der Waals surface area contributed by atoms with E-state index in [2.05, 4.69) is 48.9 Å². The van der Waals surface area contributed by atoms with Gasteiger partial charge in [0.1, 0.15) is 0 Å². The maximum atomic E-state index is 11.7. The third kappa shape index (κ3) is 5.70. The Morgan fingerprint density at radius 3 is 2.42 bits per heavy atom. The van der Waals surface area contributed by atoms with Crippen molar-refractivity contribution in [3.05, 3.63) is 57.3 Å². The molecule has 33 heavy (non-hydrogen) atoms. The molecule has 4 nitrogen and oxygen atoms in total. The largest absolute Gasteiger partial charge is 0.465 e. The van der Waals surface area contributed by atoms with Crippen molar-refractivity contribution in [2.75, 3.05) is 44.7 Å². The van der Waals surface area contributed by atoms with Gasteiger partial charge in [-0.1, -0.05) is 33.3 Å². The second kappa shape index (κ2) is 10.0. The molecule has 1 aromatic carbocycles. The van der Waals surface area contributed by atoms with Crippen molar-refractivity contribution in [3.8, 4) is 0 Å². The molecular formula is C28H38N2O2S. The third-order valence-electron chi connectivity index (χ3n) is 7.21. The van der Waals surface area contributed by atoms with E-state index in [0.717, 1.165) is 32.7 Å². The van der Waals surface area contributed by atoms with Gasteiger partial charge in [0.15, 0.2) is 0 Å². The smallest absolute Gasteiger partial charge is 0.337 e. The van der Waals surface area contributed by atoms with Crippen LogP contribution in [0.2, 0.25) is 0 Å². The zero-order valence-electron chi connectivity index (χ0n) is 20.8. The van der Waals surface area contributed by atoms with Crippen molar-refractivity contribution in [1.82, 2.24) is 4.90 Å². The quantitative estimate of drug-likeness (QED) is 0.458. The van der Waals surface area contributed by atoms with Crippen LogP contribution in [0, 0.1) is 5.41 Å². The maximum absolute atomic E-state index is 11.7. The van der Waals surface area contributed by atoms with Gasteiger partial charge >= 0.3 is 5.97 Å². The van der Waals surface area contributed by atoms with E-state index in [0.29, 0.717) is 16.9 Å². The Bertz CT molecular complexity index is 995. The number of hydrogen-bond acceptors (Lipinski definition) is 5. The van der Waals surface area contributed by atoms with Crippen molar-refractivity contribution in [3.63, 3.8) is 0 Å². The van der Waals surface area contributed by atoms with Gasteiger partial charge in [0.2, 0.25) is 0 Å². The van der Waals surface area contributed by atoms with Crippen molar-refractivity contribution in [2.45, 2.75) is 52.9 Å². The van der Waals surface area contributed by atoms with E-state index in [1.807, 2.05) is 35.6 Å². The van der Waals surface area contributed by atoms with E-state index >= 15 is 0 Å². The fraction of sp³-hybridized carbons (Fsp3) is 0.536. The molecule has 2 aromatic rings. The summed E-state index contributed by atoms with van der Waals surface area (Å²) in [6, 6.07) is 10.2. The first-order chi connectivity index (χ1) is 15.8. The Balaban J connectivity index is 1.43. The van der Waals surface area contributed by atoms with Crippen molar-refractivity contribution in [1.29, 1.82) is 0 Å². The zero-order chi connectivity index (χ0) is 23.6. The summed E-state index contributed by atoms with van der Waals surface area (Å²) in [5.74, 6) is 0.308. The van der Waals surface area contributed by atoms with Crippen molar-refractivity contribution >= 4 is 28.6 Å². The molecule has 1 fully saturated rings. The summed E-state index contributed by atoms with van der Waals surface area (Å²) in [6.07, 6.45) is 3.68. The van der Waals surface area contributed by atoms with Gasteiger partial charge in [-0.15, -0.1) is 11.3 Å². The summed E-state index contributed by atoms with van der Waals surface area (Å²) in [5, 5.41) is 2.36. The predicted octanol–water partition coefficient (Wildman–Crippen LogP) is 6.44. The number of hydrogen-bond donors (Lipinski definition) is 0. The number of anilines is 1. The fourth-order valence-corrected chi connectivity index (χ4v) is 6.11. The van der Waals surface area contributed by atoms with E-state index in [9.17, 15) is 4.79 Å². The average molecular weight is 467 g/mol. The number of ether oxygens (including phenoxy) is 1. The summed E-state index contributed by atoms with van der Waals surface area (Å²) < 4.78 is 4.81. The predicted molar refractivity (Wildman–Crippen MR) is 139 cm³/mol. The number of piperazine rings is 1. The minimum atomic E-state index is -0.280. The molecular weight excluding hydrogens is 428 g/mol. The van der Waals surface area contributed by atoms with Crippen molar-refractivity contribution < 1.29 is 9.53 Å². The second-order valence-corrected chi connectivity index (χ2v) is 11.5. The summed E-state index contributed by atoms with van der Waals surface area (Å²) in [6.45, 7) is 14.7. The monoisotopic (exact) mass is 466 g/mol. The van der Waals surface area contributed by atoms with Crippen molar-refractivity contribution in [2.24, 2.45) is 5.41 Å². The first-order valence-corrected chi connectivity index (χ1v) is 13.1. The number of rotatable bonds is 6. The van der Waals surface area contributed by atoms with Crippen LogP contribution in [0.5, 0.6) is 0 Å². The van der Waals surface area contributed by atoms with E-state index < -0.39 is 0 Å². The number of benzene rings is 1. The minimum Gasteiger partial charge on any atom is -0.465 e. The lowest BCUT2D eigenvalue weighted by Gasteiger charge is -2.39. The lowest BCUT2D eigenvalue weighted by molar-refractivity contribution is 0.0600. The number of esters is 1. The fourth-order valence-electron chi connectivity index (χ4n) is 4.94. The van der Waals surface area contributed by atoms with Gasteiger partial charge in [0.05, 0.1) is 12.7 Å². The molecule has 0 N–H and O–H groups in total. The molecule has 0 unspecified atom stereocenters. The van der Waals surface area contributed by atoms with Crippen LogP contribution in [-0.4, -0.2) is 50.7 Å². The first-order valence-electron chi connectivity index (χ1n) is 12.2. The summed E-state index contributed by atoms with van der Waals surface area (Å²) in [5.41, 5.74) is 6.91. The third-order valence-corrected chi connectivity index (χ3v) is 8.22. The second-order valence-electron chi connectivity index (χ2n) is 10.6. The molecule has 5 heteroatoms. The topological polar surface area (TPSA) is 32.8 Å². The van der Waals surface area contributed by atoms with Gasteiger partial charge in [-0.3, -0.25) is 4.90 Å². The van der Waals surface area contributed by atoms with Gasteiger partial charge in [0.25, 0.3) is 0 Å². The minimum absolute atomic E-state index is 0.280. The normalized spacial score (nSPS) is 19.3. The van der Waals surface area contributed by atoms with E-state index in [-0.39, 0.29) is 5.97 Å². The van der Waals surface area contributed by atoms with E-state index in [4.69, 9.17) is 4.74 Å². The highest BCUT2D eigenvalue weighted by Gasteiger charge is 2.30. The Kier molecular flexibility index (Phi) is 7.30. The lowest BCUT2D eigenvalue weighted by Crippen LogP contribution is -2.47. The Morgan fingerprint density at radius 2 is 1.82 bits per heavy atom. The number of nitrogens with zero attached hydrogens (tertiary/aromatic N) is 2. The first kappa shape index (κ1) is 24.0. The van der Waals surface area contributed by atoms with Crippen LogP contribution >= 0.6 is 11.3 Å². The summed E-state index contributed by atoms with van der Waals surface area (Å²) >= 11 is 1.94. The molecule has 1 aromatic heterocycles. The van der Waals surface area contributed by atoms with Crippen LogP contribution in [0.4, 0.5) is 5.69 Å². The highest BCUT2D eigenvalue weighted by molar-refractivity contribution is 7.11. The maximum Gasteiger partial charge on any atom is 0.337 e. The molecule has 0 amide bonds. The molecule has 178 valence electrons. The van der Waals surface area contributed by atoms with Crippen LogP contribution in [-0.2, 0) is 4.74 Å². The highest BCUT2D eigenvalue weighted by Crippen LogP contribution is 2.45. The molecule has 2 aliphatic rings. The number of methoxy groups -OCH3 is 1. The van der Waals surface area contributed by atoms with Crippen LogP contribution in [0.25, 0.3) is 5.57 Å². The Morgan fingerprint density at radius 1 is 1.12 bits per heavy atom.